The van der Waals surface area contributed by atoms with Crippen LogP contribution in [-0.2, 0) is 11.3 Å². The predicted octanol–water partition coefficient (Wildman–Crippen LogP) is 4.81. The van der Waals surface area contributed by atoms with E-state index >= 15 is 0 Å². The van der Waals surface area contributed by atoms with Crippen molar-refractivity contribution >= 4 is 5.91 Å². The first kappa shape index (κ1) is 23.9. The molecule has 0 aromatic heterocycles. The number of likely N-dealkylation sites (tertiary alicyclic amines) is 1. The van der Waals surface area contributed by atoms with Gasteiger partial charge in [0.05, 0.1) is 0 Å². The van der Waals surface area contributed by atoms with Crippen LogP contribution in [0.4, 0.5) is 4.39 Å². The Balaban J connectivity index is 1.57. The Kier molecular flexibility index (Phi) is 8.15. The van der Waals surface area contributed by atoms with E-state index in [-0.39, 0.29) is 23.7 Å². The van der Waals surface area contributed by atoms with E-state index in [4.69, 9.17) is 0 Å². The fraction of sp³-hybridized carbons (Fsp3) is 0.536. The maximum Gasteiger partial charge on any atom is 0.223 e. The highest BCUT2D eigenvalue weighted by atomic mass is 19.1. The van der Waals surface area contributed by atoms with Crippen LogP contribution >= 0.6 is 0 Å². The summed E-state index contributed by atoms with van der Waals surface area (Å²) in [6, 6.07) is 17.8. The van der Waals surface area contributed by atoms with Crippen LogP contribution in [0.15, 0.2) is 54.6 Å². The van der Waals surface area contributed by atoms with Gasteiger partial charge >= 0.3 is 0 Å². The molecule has 2 fully saturated rings. The van der Waals surface area contributed by atoms with Crippen LogP contribution in [0.2, 0.25) is 0 Å². The summed E-state index contributed by atoms with van der Waals surface area (Å²) < 4.78 is 13.4. The van der Waals surface area contributed by atoms with Gasteiger partial charge in [0.1, 0.15) is 5.82 Å². The number of rotatable bonds is 9. The number of benzene rings is 2. The van der Waals surface area contributed by atoms with Gasteiger partial charge in [-0.15, -0.1) is 0 Å². The van der Waals surface area contributed by atoms with Crippen LogP contribution in [0, 0.1) is 11.7 Å². The summed E-state index contributed by atoms with van der Waals surface area (Å²) >= 11 is 0. The van der Waals surface area contributed by atoms with E-state index in [1.54, 1.807) is 0 Å². The quantitative estimate of drug-likeness (QED) is 0.594. The fourth-order valence-corrected chi connectivity index (χ4v) is 5.96. The molecule has 2 aliphatic rings. The van der Waals surface area contributed by atoms with Crippen LogP contribution in [0.1, 0.15) is 56.6 Å². The molecule has 1 amide bonds. The van der Waals surface area contributed by atoms with Crippen molar-refractivity contribution in [3.63, 3.8) is 0 Å². The van der Waals surface area contributed by atoms with E-state index < -0.39 is 0 Å². The Morgan fingerprint density at radius 2 is 1.76 bits per heavy atom. The second-order valence-corrected chi connectivity index (χ2v) is 9.53. The minimum Gasteiger partial charge on any atom is -0.335 e. The van der Waals surface area contributed by atoms with Gasteiger partial charge in [0.15, 0.2) is 0 Å². The number of hydrogen-bond donors (Lipinski definition) is 1. The molecule has 0 spiro atoms. The van der Waals surface area contributed by atoms with Gasteiger partial charge in [-0.25, -0.2) is 4.39 Å². The smallest absolute Gasteiger partial charge is 0.223 e. The minimum atomic E-state index is -0.235. The first-order valence-corrected chi connectivity index (χ1v) is 12.6. The molecule has 1 saturated heterocycles. The standard InChI is InChI=1S/C28H38FN3O/c1-3-31(4-2)18-17-30-25-11-8-12-26-28(25)24(22-9-6-5-7-10-22)19-27(33)32(26)20-21-13-15-23(29)16-14-21/h5-7,9-10,13-16,24-26,28,30H,3-4,8,11-12,17-20H2,1-2H3/t24-,25+,26-,28+/m1/s1. The molecule has 178 valence electrons. The third kappa shape index (κ3) is 5.64. The summed E-state index contributed by atoms with van der Waals surface area (Å²) in [5.74, 6) is 0.606. The average molecular weight is 452 g/mol. The fourth-order valence-electron chi connectivity index (χ4n) is 5.96. The van der Waals surface area contributed by atoms with Crippen molar-refractivity contribution in [1.82, 2.24) is 15.1 Å². The Morgan fingerprint density at radius 3 is 2.45 bits per heavy atom. The topological polar surface area (TPSA) is 35.6 Å². The molecule has 1 saturated carbocycles. The Labute approximate surface area is 198 Å². The van der Waals surface area contributed by atoms with E-state index in [0.29, 0.717) is 24.9 Å². The first-order chi connectivity index (χ1) is 16.1. The third-order valence-corrected chi connectivity index (χ3v) is 7.73. The van der Waals surface area contributed by atoms with Gasteiger partial charge in [0.25, 0.3) is 0 Å². The molecule has 2 aromatic rings. The van der Waals surface area contributed by atoms with Gasteiger partial charge < -0.3 is 15.1 Å². The summed E-state index contributed by atoms with van der Waals surface area (Å²) in [5.41, 5.74) is 2.28. The highest BCUT2D eigenvalue weighted by molar-refractivity contribution is 5.79. The number of fused-ring (bicyclic) bond motifs is 1. The molecule has 1 aliphatic heterocycles. The van der Waals surface area contributed by atoms with Gasteiger partial charge in [-0.05, 0) is 61.5 Å². The van der Waals surface area contributed by atoms with Crippen molar-refractivity contribution in [3.05, 3.63) is 71.5 Å². The van der Waals surface area contributed by atoms with Crippen molar-refractivity contribution in [2.45, 2.75) is 64.1 Å². The van der Waals surface area contributed by atoms with Crippen molar-refractivity contribution in [2.24, 2.45) is 5.92 Å². The Morgan fingerprint density at radius 1 is 1.03 bits per heavy atom. The van der Waals surface area contributed by atoms with E-state index in [9.17, 15) is 9.18 Å². The lowest BCUT2D eigenvalue weighted by molar-refractivity contribution is -0.143. The number of piperidine rings is 1. The largest absolute Gasteiger partial charge is 0.335 e. The van der Waals surface area contributed by atoms with E-state index in [0.717, 1.165) is 51.0 Å². The lowest BCUT2D eigenvalue weighted by atomic mass is 9.66. The summed E-state index contributed by atoms with van der Waals surface area (Å²) in [5, 5.41) is 3.90. The van der Waals surface area contributed by atoms with Crippen LogP contribution in [-0.4, -0.2) is 54.0 Å². The minimum absolute atomic E-state index is 0.209. The molecule has 0 radical (unpaired) electrons. The van der Waals surface area contributed by atoms with Crippen molar-refractivity contribution in [2.75, 3.05) is 26.2 Å². The molecule has 1 N–H and O–H groups in total. The van der Waals surface area contributed by atoms with Crippen molar-refractivity contribution in [3.8, 4) is 0 Å². The second-order valence-electron chi connectivity index (χ2n) is 9.53. The van der Waals surface area contributed by atoms with Crippen LogP contribution in [0.25, 0.3) is 0 Å². The zero-order chi connectivity index (χ0) is 23.2. The maximum absolute atomic E-state index is 13.4. The molecule has 4 rings (SSSR count). The molecule has 5 heteroatoms. The second kappa shape index (κ2) is 11.3. The number of halogens is 1. The normalized spacial score (nSPS) is 25.3. The monoisotopic (exact) mass is 451 g/mol. The van der Waals surface area contributed by atoms with Gasteiger partial charge in [-0.1, -0.05) is 56.3 Å². The Hall–Kier alpha value is -2.24. The van der Waals surface area contributed by atoms with Crippen LogP contribution < -0.4 is 5.32 Å². The number of carbonyl (C=O) groups excluding carboxylic acids is 1. The average Bonchev–Trinajstić information content (AvgIpc) is 2.85. The predicted molar refractivity (Wildman–Crippen MR) is 131 cm³/mol. The van der Waals surface area contributed by atoms with Gasteiger partial charge in [-0.3, -0.25) is 4.79 Å². The molecular weight excluding hydrogens is 413 g/mol. The molecule has 1 heterocycles. The molecule has 4 atom stereocenters. The lowest BCUT2D eigenvalue weighted by Crippen LogP contribution is -2.59. The Bertz CT molecular complexity index is 884. The number of nitrogens with one attached hydrogen (secondary N) is 1. The summed E-state index contributed by atoms with van der Waals surface area (Å²) in [6.07, 6.45) is 3.86. The molecule has 1 aliphatic carbocycles. The number of likely N-dealkylation sites (N-methyl/N-ethyl adjacent to an activating group) is 1. The third-order valence-electron chi connectivity index (χ3n) is 7.73. The number of hydrogen-bond acceptors (Lipinski definition) is 3. The number of nitrogens with zero attached hydrogens (tertiary/aromatic N) is 2. The van der Waals surface area contributed by atoms with Crippen molar-refractivity contribution < 1.29 is 9.18 Å². The summed E-state index contributed by atoms with van der Waals surface area (Å²) in [4.78, 5) is 18.0. The van der Waals surface area contributed by atoms with E-state index in [2.05, 4.69) is 53.2 Å². The molecule has 2 aromatic carbocycles. The lowest BCUT2D eigenvalue weighted by Gasteiger charge is -2.51. The van der Waals surface area contributed by atoms with E-state index in [1.165, 1.54) is 17.7 Å². The number of carbonyl (C=O) groups is 1. The molecule has 0 bridgehead atoms. The molecular formula is C28H38FN3O. The molecule has 33 heavy (non-hydrogen) atoms. The van der Waals surface area contributed by atoms with Gasteiger partial charge in [0, 0.05) is 44.1 Å². The molecule has 0 unspecified atom stereocenters. The zero-order valence-corrected chi connectivity index (χ0v) is 20.1. The number of amides is 1. The maximum atomic E-state index is 13.4. The molecule has 4 nitrogen and oxygen atoms in total. The van der Waals surface area contributed by atoms with E-state index in [1.807, 2.05) is 18.2 Å². The highest BCUT2D eigenvalue weighted by Gasteiger charge is 2.47. The highest BCUT2D eigenvalue weighted by Crippen LogP contribution is 2.45. The van der Waals surface area contributed by atoms with Crippen molar-refractivity contribution in [1.29, 1.82) is 0 Å². The van der Waals surface area contributed by atoms with Gasteiger partial charge in [0.2, 0.25) is 5.91 Å². The summed E-state index contributed by atoms with van der Waals surface area (Å²) in [6.45, 7) is 9.16. The van der Waals surface area contributed by atoms with Crippen LogP contribution in [0.5, 0.6) is 0 Å². The first-order valence-electron chi connectivity index (χ1n) is 12.6. The van der Waals surface area contributed by atoms with Gasteiger partial charge in [-0.2, -0.15) is 0 Å². The zero-order valence-electron chi connectivity index (χ0n) is 20.1. The van der Waals surface area contributed by atoms with Crippen LogP contribution in [0.3, 0.4) is 0 Å². The summed E-state index contributed by atoms with van der Waals surface area (Å²) in [7, 11) is 0. The SMILES string of the molecule is CCN(CC)CCN[C@H]1CCC[C@@H]2[C@H]1[C@@H](c1ccccc1)CC(=O)N2Cc1ccc(F)cc1.